The Balaban J connectivity index is 1.44. The third-order valence-electron chi connectivity index (χ3n) is 6.75. The number of aromatic nitrogens is 4. The molecule has 2 aromatic carbocycles. The van der Waals surface area contributed by atoms with Crippen LogP contribution >= 0.6 is 11.8 Å². The Morgan fingerprint density at radius 2 is 1.89 bits per heavy atom. The summed E-state index contributed by atoms with van der Waals surface area (Å²) in [7, 11) is 0. The number of hydrogen-bond acceptors (Lipinski definition) is 5. The van der Waals surface area contributed by atoms with Gasteiger partial charge < -0.3 is 5.32 Å². The summed E-state index contributed by atoms with van der Waals surface area (Å²) in [4.78, 5) is 26.4. The highest BCUT2D eigenvalue weighted by molar-refractivity contribution is 8.00. The van der Waals surface area contributed by atoms with Crippen molar-refractivity contribution >= 4 is 34.3 Å². The third kappa shape index (κ3) is 4.59. The number of rotatable bonds is 7. The zero-order valence-corrected chi connectivity index (χ0v) is 21.2. The van der Waals surface area contributed by atoms with Crippen LogP contribution in [0, 0.1) is 5.92 Å². The Kier molecular flexibility index (Phi) is 6.65. The van der Waals surface area contributed by atoms with E-state index in [2.05, 4.69) is 47.6 Å². The van der Waals surface area contributed by atoms with Crippen LogP contribution in [0.5, 0.6) is 0 Å². The maximum Gasteiger partial charge on any atom is 0.262 e. The predicted molar refractivity (Wildman–Crippen MR) is 140 cm³/mol. The van der Waals surface area contributed by atoms with Crippen molar-refractivity contribution in [3.63, 3.8) is 0 Å². The van der Waals surface area contributed by atoms with Crippen molar-refractivity contribution in [3.8, 4) is 0 Å². The number of carbonyl (C=O) groups excluding carboxylic acids is 1. The lowest BCUT2D eigenvalue weighted by Gasteiger charge is -2.27. The zero-order valence-electron chi connectivity index (χ0n) is 20.4. The zero-order chi connectivity index (χ0) is 24.5. The van der Waals surface area contributed by atoms with Gasteiger partial charge in [0.2, 0.25) is 11.7 Å². The minimum Gasteiger partial charge on any atom is -0.348 e. The van der Waals surface area contributed by atoms with Crippen molar-refractivity contribution in [1.29, 1.82) is 0 Å². The number of amides is 1. The maximum absolute atomic E-state index is 13.2. The van der Waals surface area contributed by atoms with Crippen LogP contribution in [0.25, 0.3) is 16.7 Å². The lowest BCUT2D eigenvalue weighted by molar-refractivity contribution is -0.121. The molecule has 4 aromatic rings. The fourth-order valence-corrected chi connectivity index (χ4v) is 5.67. The topological polar surface area (TPSA) is 81.3 Å². The minimum atomic E-state index is -0.369. The number of aryl methyl sites for hydroxylation is 2. The standard InChI is InChI=1S/C27H31N5O2S/c1-17(2)15-16-31-25(34)21-12-6-7-14-23(21)32-26(31)29-30-27(32)35-18(3)24(33)28-22-13-8-10-19-9-4-5-11-20(19)22/h4-7,9,11-12,14,17-18,22H,8,10,13,15-16H2,1-3H3,(H,28,33). The number of fused-ring (bicyclic) bond motifs is 4. The summed E-state index contributed by atoms with van der Waals surface area (Å²) < 4.78 is 3.63. The number of thioether (sulfide) groups is 1. The van der Waals surface area contributed by atoms with Gasteiger partial charge in [0.1, 0.15) is 0 Å². The molecule has 0 spiro atoms. The first-order chi connectivity index (χ1) is 16.9. The first-order valence-electron chi connectivity index (χ1n) is 12.4. The third-order valence-corrected chi connectivity index (χ3v) is 7.79. The van der Waals surface area contributed by atoms with E-state index in [1.54, 1.807) is 4.57 Å². The average Bonchev–Trinajstić information content (AvgIpc) is 3.27. The van der Waals surface area contributed by atoms with Crippen LogP contribution in [0.4, 0.5) is 0 Å². The molecule has 1 amide bonds. The second kappa shape index (κ2) is 9.85. The van der Waals surface area contributed by atoms with E-state index in [0.717, 1.165) is 31.2 Å². The number of nitrogens with one attached hydrogen (secondary N) is 1. The molecule has 0 bridgehead atoms. The molecule has 2 aromatic heterocycles. The van der Waals surface area contributed by atoms with Crippen LogP contribution in [-0.4, -0.2) is 30.3 Å². The van der Waals surface area contributed by atoms with E-state index in [9.17, 15) is 9.59 Å². The molecule has 2 unspecified atom stereocenters. The molecule has 0 radical (unpaired) electrons. The van der Waals surface area contributed by atoms with Crippen LogP contribution in [0.2, 0.25) is 0 Å². The lowest BCUT2D eigenvalue weighted by Crippen LogP contribution is -2.36. The molecule has 0 fully saturated rings. The highest BCUT2D eigenvalue weighted by Crippen LogP contribution is 2.31. The van der Waals surface area contributed by atoms with Gasteiger partial charge in [0.05, 0.1) is 22.2 Å². The van der Waals surface area contributed by atoms with Crippen LogP contribution < -0.4 is 10.9 Å². The molecule has 1 N–H and O–H groups in total. The van der Waals surface area contributed by atoms with Crippen molar-refractivity contribution in [1.82, 2.24) is 24.5 Å². The van der Waals surface area contributed by atoms with Gasteiger partial charge in [-0.25, -0.2) is 0 Å². The Labute approximate surface area is 208 Å². The lowest BCUT2D eigenvalue weighted by atomic mass is 9.88. The SMILES string of the molecule is CC(C)CCn1c(=O)c2ccccc2n2c(SC(C)C(=O)NC3CCCc4ccccc43)nnc12. The Morgan fingerprint density at radius 1 is 1.11 bits per heavy atom. The molecule has 5 rings (SSSR count). The molecular formula is C27H31N5O2S. The highest BCUT2D eigenvalue weighted by atomic mass is 32.2. The Morgan fingerprint density at radius 3 is 2.71 bits per heavy atom. The highest BCUT2D eigenvalue weighted by Gasteiger charge is 2.26. The monoisotopic (exact) mass is 489 g/mol. The molecule has 8 heteroatoms. The first-order valence-corrected chi connectivity index (χ1v) is 13.2. The summed E-state index contributed by atoms with van der Waals surface area (Å²) >= 11 is 1.37. The van der Waals surface area contributed by atoms with Gasteiger partial charge in [-0.3, -0.25) is 18.6 Å². The van der Waals surface area contributed by atoms with E-state index in [4.69, 9.17) is 0 Å². The van der Waals surface area contributed by atoms with E-state index in [-0.39, 0.29) is 22.8 Å². The summed E-state index contributed by atoms with van der Waals surface area (Å²) in [5.41, 5.74) is 3.24. The molecule has 2 heterocycles. The molecule has 1 aliphatic rings. The van der Waals surface area contributed by atoms with Gasteiger partial charge in [-0.2, -0.15) is 0 Å². The summed E-state index contributed by atoms with van der Waals surface area (Å²) in [5, 5.41) is 12.9. The van der Waals surface area contributed by atoms with Gasteiger partial charge in [0.15, 0.2) is 5.16 Å². The summed E-state index contributed by atoms with van der Waals surface area (Å²) in [6.07, 6.45) is 3.94. The quantitative estimate of drug-likeness (QED) is 0.379. The van der Waals surface area contributed by atoms with E-state index in [1.807, 2.05) is 41.7 Å². The van der Waals surface area contributed by atoms with E-state index in [1.165, 1.54) is 22.9 Å². The number of para-hydroxylation sites is 1. The number of carbonyl (C=O) groups is 1. The largest absolute Gasteiger partial charge is 0.348 e. The molecule has 0 saturated carbocycles. The second-order valence-corrected chi connectivity index (χ2v) is 11.0. The molecule has 182 valence electrons. The summed E-state index contributed by atoms with van der Waals surface area (Å²) in [6.45, 7) is 6.75. The first kappa shape index (κ1) is 23.6. The molecule has 7 nitrogen and oxygen atoms in total. The smallest absolute Gasteiger partial charge is 0.262 e. The van der Waals surface area contributed by atoms with Crippen molar-refractivity contribution in [2.24, 2.45) is 5.92 Å². The van der Waals surface area contributed by atoms with Gasteiger partial charge in [-0.15, -0.1) is 10.2 Å². The maximum atomic E-state index is 13.2. The van der Waals surface area contributed by atoms with Gasteiger partial charge in [-0.1, -0.05) is 62.0 Å². The summed E-state index contributed by atoms with van der Waals surface area (Å²) in [6, 6.07) is 15.9. The van der Waals surface area contributed by atoms with Gasteiger partial charge in [0.25, 0.3) is 5.56 Å². The Bertz CT molecular complexity index is 1440. The van der Waals surface area contributed by atoms with Gasteiger partial charge in [-0.05, 0) is 61.8 Å². The van der Waals surface area contributed by atoms with Crippen LogP contribution in [0.1, 0.15) is 57.2 Å². The van der Waals surface area contributed by atoms with Gasteiger partial charge in [0, 0.05) is 6.54 Å². The van der Waals surface area contributed by atoms with Crippen molar-refractivity contribution in [2.45, 2.75) is 69.4 Å². The Hall–Kier alpha value is -3.13. The van der Waals surface area contributed by atoms with Crippen molar-refractivity contribution < 1.29 is 4.79 Å². The number of hydrogen-bond donors (Lipinski definition) is 1. The van der Waals surface area contributed by atoms with E-state index >= 15 is 0 Å². The fraction of sp³-hybridized carbons (Fsp3) is 0.407. The molecular weight excluding hydrogens is 458 g/mol. The van der Waals surface area contributed by atoms with Crippen LogP contribution in [0.3, 0.4) is 0 Å². The summed E-state index contributed by atoms with van der Waals surface area (Å²) in [5.74, 6) is 0.954. The molecule has 2 atom stereocenters. The van der Waals surface area contributed by atoms with E-state index < -0.39 is 0 Å². The van der Waals surface area contributed by atoms with Crippen LogP contribution in [0.15, 0.2) is 58.5 Å². The van der Waals surface area contributed by atoms with Crippen molar-refractivity contribution in [3.05, 3.63) is 70.0 Å². The second-order valence-electron chi connectivity index (χ2n) is 9.69. The van der Waals surface area contributed by atoms with Gasteiger partial charge >= 0.3 is 0 Å². The molecule has 0 aliphatic heterocycles. The number of benzene rings is 2. The molecule has 35 heavy (non-hydrogen) atoms. The predicted octanol–water partition coefficient (Wildman–Crippen LogP) is 4.76. The average molecular weight is 490 g/mol. The molecule has 0 saturated heterocycles. The normalized spacial score (nSPS) is 16.5. The molecule has 1 aliphatic carbocycles. The van der Waals surface area contributed by atoms with E-state index in [0.29, 0.717) is 28.8 Å². The van der Waals surface area contributed by atoms with Crippen molar-refractivity contribution in [2.75, 3.05) is 0 Å². The minimum absolute atomic E-state index is 0.0223. The fourth-order valence-electron chi connectivity index (χ4n) is 4.80. The number of nitrogens with zero attached hydrogens (tertiary/aromatic N) is 4. The van der Waals surface area contributed by atoms with Crippen LogP contribution in [-0.2, 0) is 17.8 Å².